The minimum absolute atomic E-state index is 0.0803. The summed E-state index contributed by atoms with van der Waals surface area (Å²) in [5.41, 5.74) is 0.521. The van der Waals surface area contributed by atoms with E-state index >= 15 is 0 Å². The SMILES string of the molecule is Cn1cc(Br)cc1C(=O)N1CCO[C@@H](C(=O)O)C1. The van der Waals surface area contributed by atoms with Gasteiger partial charge in [0.2, 0.25) is 0 Å². The molecule has 1 N–H and O–H groups in total. The third-order valence-corrected chi connectivity index (χ3v) is 3.25. The zero-order chi connectivity index (χ0) is 13.3. The van der Waals surface area contributed by atoms with Crippen LogP contribution in [0.3, 0.4) is 0 Å². The predicted octanol–water partition coefficient (Wildman–Crippen LogP) is 0.713. The van der Waals surface area contributed by atoms with Crippen LogP contribution in [0, 0.1) is 0 Å². The monoisotopic (exact) mass is 316 g/mol. The van der Waals surface area contributed by atoms with E-state index in [-0.39, 0.29) is 19.1 Å². The van der Waals surface area contributed by atoms with Crippen LogP contribution in [0.2, 0.25) is 0 Å². The van der Waals surface area contributed by atoms with Crippen molar-refractivity contribution in [2.75, 3.05) is 19.7 Å². The fourth-order valence-electron chi connectivity index (χ4n) is 1.88. The van der Waals surface area contributed by atoms with E-state index in [1.807, 2.05) is 0 Å². The molecule has 7 heteroatoms. The highest BCUT2D eigenvalue weighted by molar-refractivity contribution is 9.10. The largest absolute Gasteiger partial charge is 0.479 e. The van der Waals surface area contributed by atoms with Gasteiger partial charge in [0.25, 0.3) is 5.91 Å². The highest BCUT2D eigenvalue weighted by Crippen LogP contribution is 2.17. The van der Waals surface area contributed by atoms with E-state index in [4.69, 9.17) is 9.84 Å². The minimum Gasteiger partial charge on any atom is -0.479 e. The van der Waals surface area contributed by atoms with Crippen molar-refractivity contribution in [3.05, 3.63) is 22.4 Å². The van der Waals surface area contributed by atoms with Crippen LogP contribution in [0.4, 0.5) is 0 Å². The van der Waals surface area contributed by atoms with Crippen molar-refractivity contribution in [3.8, 4) is 0 Å². The summed E-state index contributed by atoms with van der Waals surface area (Å²) in [4.78, 5) is 24.6. The van der Waals surface area contributed by atoms with Crippen molar-refractivity contribution in [1.29, 1.82) is 0 Å². The molecule has 2 heterocycles. The molecule has 0 unspecified atom stereocenters. The number of hydrogen-bond donors (Lipinski definition) is 1. The van der Waals surface area contributed by atoms with E-state index in [9.17, 15) is 9.59 Å². The molecule has 1 fully saturated rings. The molecule has 18 heavy (non-hydrogen) atoms. The molecule has 0 aromatic carbocycles. The standard InChI is InChI=1S/C11H13BrN2O4/c1-13-5-7(12)4-8(13)10(15)14-2-3-18-9(6-14)11(16)17/h4-5,9H,2-3,6H2,1H3,(H,16,17)/t9-/m1/s1. The number of morpholine rings is 1. The van der Waals surface area contributed by atoms with E-state index < -0.39 is 12.1 Å². The number of carbonyl (C=O) groups excluding carboxylic acids is 1. The summed E-state index contributed by atoms with van der Waals surface area (Å²) in [5, 5.41) is 8.89. The number of aryl methyl sites for hydroxylation is 1. The molecule has 0 saturated carbocycles. The molecule has 1 aromatic rings. The fraction of sp³-hybridized carbons (Fsp3) is 0.455. The van der Waals surface area contributed by atoms with Crippen LogP contribution < -0.4 is 0 Å². The predicted molar refractivity (Wildman–Crippen MR) is 66.4 cm³/mol. The first-order valence-corrected chi connectivity index (χ1v) is 6.24. The van der Waals surface area contributed by atoms with E-state index in [2.05, 4.69) is 15.9 Å². The van der Waals surface area contributed by atoms with Crippen LogP contribution in [0.5, 0.6) is 0 Å². The van der Waals surface area contributed by atoms with Crippen molar-refractivity contribution >= 4 is 27.8 Å². The van der Waals surface area contributed by atoms with Crippen LogP contribution >= 0.6 is 15.9 Å². The van der Waals surface area contributed by atoms with Gasteiger partial charge < -0.3 is 19.3 Å². The number of halogens is 1. The average Bonchev–Trinajstić information content (AvgIpc) is 2.67. The van der Waals surface area contributed by atoms with E-state index in [1.54, 1.807) is 23.9 Å². The molecule has 1 aliphatic heterocycles. The Kier molecular flexibility index (Phi) is 3.72. The number of hydrogen-bond acceptors (Lipinski definition) is 3. The third-order valence-electron chi connectivity index (χ3n) is 2.82. The first kappa shape index (κ1) is 13.1. The summed E-state index contributed by atoms with van der Waals surface area (Å²) in [7, 11) is 1.77. The van der Waals surface area contributed by atoms with Gasteiger partial charge in [-0.25, -0.2) is 4.79 Å². The number of carboxylic acid groups (broad SMARTS) is 1. The zero-order valence-corrected chi connectivity index (χ0v) is 11.4. The number of carboxylic acids is 1. The van der Waals surface area contributed by atoms with Gasteiger partial charge in [-0.1, -0.05) is 0 Å². The van der Waals surface area contributed by atoms with Gasteiger partial charge >= 0.3 is 5.97 Å². The van der Waals surface area contributed by atoms with Crippen molar-refractivity contribution < 1.29 is 19.4 Å². The molecule has 6 nitrogen and oxygen atoms in total. The second-order valence-corrected chi connectivity index (χ2v) is 5.02. The molecule has 1 aliphatic rings. The van der Waals surface area contributed by atoms with Gasteiger partial charge in [0.1, 0.15) is 5.69 Å². The lowest BCUT2D eigenvalue weighted by Gasteiger charge is -2.30. The lowest BCUT2D eigenvalue weighted by atomic mass is 10.2. The summed E-state index contributed by atoms with van der Waals surface area (Å²) >= 11 is 3.30. The number of rotatable bonds is 2. The van der Waals surface area contributed by atoms with Gasteiger partial charge in [-0.05, 0) is 22.0 Å². The Balaban J connectivity index is 2.14. The molecular formula is C11H13BrN2O4. The van der Waals surface area contributed by atoms with Crippen LogP contribution in [0.1, 0.15) is 10.5 Å². The van der Waals surface area contributed by atoms with Crippen molar-refractivity contribution in [2.45, 2.75) is 6.10 Å². The first-order chi connectivity index (χ1) is 8.49. The Morgan fingerprint density at radius 2 is 2.28 bits per heavy atom. The average molecular weight is 317 g/mol. The summed E-state index contributed by atoms with van der Waals surface area (Å²) in [6.07, 6.45) is 0.842. The summed E-state index contributed by atoms with van der Waals surface area (Å²) in [6.45, 7) is 0.733. The third kappa shape index (κ3) is 2.56. The normalized spacial score (nSPS) is 19.9. The van der Waals surface area contributed by atoms with Crippen LogP contribution in [0.25, 0.3) is 0 Å². The first-order valence-electron chi connectivity index (χ1n) is 5.44. The van der Waals surface area contributed by atoms with Gasteiger partial charge in [-0.3, -0.25) is 4.79 Å². The van der Waals surface area contributed by atoms with E-state index in [0.717, 1.165) is 4.47 Å². The Morgan fingerprint density at radius 3 is 2.83 bits per heavy atom. The van der Waals surface area contributed by atoms with Crippen LogP contribution in [-0.4, -0.2) is 52.3 Å². The number of ether oxygens (including phenoxy) is 1. The molecule has 1 atom stereocenters. The fourth-order valence-corrected chi connectivity index (χ4v) is 2.41. The molecule has 98 valence electrons. The molecule has 1 saturated heterocycles. The summed E-state index contributed by atoms with van der Waals surface area (Å²) in [5.74, 6) is -1.22. The molecule has 2 rings (SSSR count). The second-order valence-electron chi connectivity index (χ2n) is 4.10. The molecule has 1 aromatic heterocycles. The van der Waals surface area contributed by atoms with E-state index in [0.29, 0.717) is 12.2 Å². The van der Waals surface area contributed by atoms with Crippen molar-refractivity contribution in [3.63, 3.8) is 0 Å². The lowest BCUT2D eigenvalue weighted by molar-refractivity contribution is -0.154. The van der Waals surface area contributed by atoms with Gasteiger partial charge in [-0.2, -0.15) is 0 Å². The number of aromatic nitrogens is 1. The maximum absolute atomic E-state index is 12.2. The van der Waals surface area contributed by atoms with Gasteiger partial charge in [0, 0.05) is 24.3 Å². The zero-order valence-electron chi connectivity index (χ0n) is 9.80. The Morgan fingerprint density at radius 1 is 1.56 bits per heavy atom. The minimum atomic E-state index is -1.04. The van der Waals surface area contributed by atoms with Crippen LogP contribution in [-0.2, 0) is 16.6 Å². The Labute approximate surface area is 112 Å². The highest BCUT2D eigenvalue weighted by Gasteiger charge is 2.30. The summed E-state index contributed by atoms with van der Waals surface area (Å²) < 4.78 is 7.60. The van der Waals surface area contributed by atoms with E-state index in [1.165, 1.54) is 4.90 Å². The number of nitrogens with zero attached hydrogens (tertiary/aromatic N) is 2. The van der Waals surface area contributed by atoms with Crippen LogP contribution in [0.15, 0.2) is 16.7 Å². The Bertz CT molecular complexity index is 485. The molecule has 0 aliphatic carbocycles. The molecule has 0 spiro atoms. The van der Waals surface area contributed by atoms with Crippen molar-refractivity contribution in [1.82, 2.24) is 9.47 Å². The molecular weight excluding hydrogens is 304 g/mol. The van der Waals surface area contributed by atoms with Gasteiger partial charge in [-0.15, -0.1) is 0 Å². The number of carbonyl (C=O) groups is 2. The number of amides is 1. The topological polar surface area (TPSA) is 71.8 Å². The summed E-state index contributed by atoms with van der Waals surface area (Å²) in [6, 6.07) is 1.72. The smallest absolute Gasteiger partial charge is 0.334 e. The second kappa shape index (κ2) is 5.11. The Hall–Kier alpha value is -1.34. The quantitative estimate of drug-likeness (QED) is 0.872. The highest BCUT2D eigenvalue weighted by atomic mass is 79.9. The van der Waals surface area contributed by atoms with Crippen molar-refractivity contribution in [2.24, 2.45) is 7.05 Å². The van der Waals surface area contributed by atoms with Gasteiger partial charge in [0.05, 0.1) is 13.2 Å². The maximum Gasteiger partial charge on any atom is 0.334 e. The maximum atomic E-state index is 12.2. The lowest BCUT2D eigenvalue weighted by Crippen LogP contribution is -2.48. The van der Waals surface area contributed by atoms with Gasteiger partial charge in [0.15, 0.2) is 6.10 Å². The molecule has 1 amide bonds. The molecule has 0 bridgehead atoms. The molecule has 0 radical (unpaired) electrons. The number of aliphatic carboxylic acids is 1.